The van der Waals surface area contributed by atoms with Crippen molar-refractivity contribution in [1.82, 2.24) is 0 Å². The molecule has 0 saturated heterocycles. The zero-order valence-corrected chi connectivity index (χ0v) is 11.0. The van der Waals surface area contributed by atoms with Gasteiger partial charge in [0, 0.05) is 12.3 Å². The van der Waals surface area contributed by atoms with E-state index in [4.69, 9.17) is 0 Å². The van der Waals surface area contributed by atoms with Crippen LogP contribution >= 0.6 is 11.8 Å². The summed E-state index contributed by atoms with van der Waals surface area (Å²) in [4.78, 5) is 12.3. The Morgan fingerprint density at radius 3 is 2.12 bits per heavy atom. The fourth-order valence-electron chi connectivity index (χ4n) is 4.82. The number of ketones is 1. The van der Waals surface area contributed by atoms with Gasteiger partial charge in [-0.15, -0.1) is 0 Å². The molecule has 0 spiro atoms. The smallest absolute Gasteiger partial charge is 0.137 e. The first-order valence-electron chi connectivity index (χ1n) is 6.79. The third-order valence-corrected chi connectivity index (χ3v) is 5.76. The average Bonchev–Trinajstić information content (AvgIpc) is 2.24. The minimum atomic E-state index is 0.472. The summed E-state index contributed by atoms with van der Waals surface area (Å²) in [5.41, 5.74) is 0. The quantitative estimate of drug-likeness (QED) is 0.747. The molecule has 0 aromatic heterocycles. The summed E-state index contributed by atoms with van der Waals surface area (Å²) < 4.78 is 0. The van der Waals surface area contributed by atoms with Crippen LogP contribution in [-0.4, -0.2) is 17.8 Å². The molecule has 0 amide bonds. The molecule has 0 unspecified atom stereocenters. The topological polar surface area (TPSA) is 17.1 Å². The number of Topliss-reactive ketones (excluding diaryl/α,β-unsaturated/α-hetero) is 1. The molecule has 4 rings (SSSR count). The molecular formula is C14H22OS. The van der Waals surface area contributed by atoms with Crippen molar-refractivity contribution in [3.63, 3.8) is 0 Å². The molecule has 4 bridgehead atoms. The van der Waals surface area contributed by atoms with Crippen LogP contribution in [0.4, 0.5) is 0 Å². The van der Waals surface area contributed by atoms with Gasteiger partial charge < -0.3 is 0 Å². The van der Waals surface area contributed by atoms with Crippen molar-refractivity contribution in [2.45, 2.75) is 38.5 Å². The Bertz CT molecular complexity index is 258. The summed E-state index contributed by atoms with van der Waals surface area (Å²) in [7, 11) is 0. The number of hydrogen-bond donors (Lipinski definition) is 0. The van der Waals surface area contributed by atoms with Crippen molar-refractivity contribution >= 4 is 17.5 Å². The second kappa shape index (κ2) is 4.36. The summed E-state index contributed by atoms with van der Waals surface area (Å²) >= 11 is 1.81. The van der Waals surface area contributed by atoms with Gasteiger partial charge in [0.25, 0.3) is 0 Å². The van der Waals surface area contributed by atoms with Crippen molar-refractivity contribution in [3.05, 3.63) is 0 Å². The molecule has 0 aromatic carbocycles. The van der Waals surface area contributed by atoms with E-state index in [2.05, 4.69) is 6.26 Å². The summed E-state index contributed by atoms with van der Waals surface area (Å²) in [6.07, 6.45) is 9.92. The molecular weight excluding hydrogens is 216 g/mol. The predicted octanol–water partition coefficient (Wildman–Crippen LogP) is 3.38. The summed E-state index contributed by atoms with van der Waals surface area (Å²) in [6.45, 7) is 0. The van der Waals surface area contributed by atoms with Crippen molar-refractivity contribution in [1.29, 1.82) is 0 Å². The van der Waals surface area contributed by atoms with Gasteiger partial charge in [-0.1, -0.05) is 0 Å². The SMILES string of the molecule is CSCCC(=O)C1C2CC3CC(C2)CC1C3. The highest BCUT2D eigenvalue weighted by Gasteiger charge is 2.50. The fourth-order valence-corrected chi connectivity index (χ4v) is 5.23. The Hall–Kier alpha value is 0.0200. The van der Waals surface area contributed by atoms with Gasteiger partial charge in [-0.3, -0.25) is 4.79 Å². The lowest BCUT2D eigenvalue weighted by atomic mass is 9.51. The Morgan fingerprint density at radius 1 is 1.06 bits per heavy atom. The first-order chi connectivity index (χ1) is 7.78. The number of carbonyl (C=O) groups excluding carboxylic acids is 1. The first-order valence-corrected chi connectivity index (χ1v) is 8.19. The fraction of sp³-hybridized carbons (Fsp3) is 0.929. The second-order valence-electron chi connectivity index (χ2n) is 6.17. The lowest BCUT2D eigenvalue weighted by Crippen LogP contribution is -2.48. The highest BCUT2D eigenvalue weighted by atomic mass is 32.2. The highest BCUT2D eigenvalue weighted by molar-refractivity contribution is 7.98. The van der Waals surface area contributed by atoms with Crippen molar-refractivity contribution in [2.75, 3.05) is 12.0 Å². The number of carbonyl (C=O) groups is 1. The average molecular weight is 238 g/mol. The Kier molecular flexibility index (Phi) is 3.03. The number of rotatable bonds is 4. The summed E-state index contributed by atoms with van der Waals surface area (Å²) in [5, 5.41) is 0. The van der Waals surface area contributed by atoms with Crippen LogP contribution in [0, 0.1) is 29.6 Å². The molecule has 0 radical (unpaired) electrons. The molecule has 2 heteroatoms. The molecule has 0 atom stereocenters. The van der Waals surface area contributed by atoms with Gasteiger partial charge in [-0.25, -0.2) is 0 Å². The normalized spacial score (nSPS) is 44.9. The monoisotopic (exact) mass is 238 g/mol. The second-order valence-corrected chi connectivity index (χ2v) is 7.15. The zero-order valence-electron chi connectivity index (χ0n) is 10.2. The molecule has 1 nitrogen and oxygen atoms in total. The van der Waals surface area contributed by atoms with E-state index in [1.165, 1.54) is 32.1 Å². The lowest BCUT2D eigenvalue weighted by molar-refractivity contribution is -0.135. The van der Waals surface area contributed by atoms with Gasteiger partial charge in [0.1, 0.15) is 5.78 Å². The third kappa shape index (κ3) is 1.83. The van der Waals surface area contributed by atoms with E-state index in [0.717, 1.165) is 35.8 Å². The Morgan fingerprint density at radius 2 is 1.62 bits per heavy atom. The van der Waals surface area contributed by atoms with E-state index >= 15 is 0 Å². The molecule has 4 fully saturated rings. The molecule has 0 N–H and O–H groups in total. The molecule has 16 heavy (non-hydrogen) atoms. The Labute approximate surface area is 103 Å². The van der Waals surface area contributed by atoms with Gasteiger partial charge in [0.2, 0.25) is 0 Å². The highest BCUT2D eigenvalue weighted by Crippen LogP contribution is 2.56. The lowest BCUT2D eigenvalue weighted by Gasteiger charge is -2.53. The van der Waals surface area contributed by atoms with Crippen LogP contribution in [0.5, 0.6) is 0 Å². The summed E-state index contributed by atoms with van der Waals surface area (Å²) in [6, 6.07) is 0. The molecule has 0 aromatic rings. The molecule has 4 aliphatic carbocycles. The Balaban J connectivity index is 1.69. The third-order valence-electron chi connectivity index (χ3n) is 5.15. The minimum absolute atomic E-state index is 0.472. The summed E-state index contributed by atoms with van der Waals surface area (Å²) in [5.74, 6) is 5.65. The van der Waals surface area contributed by atoms with E-state index < -0.39 is 0 Å². The number of hydrogen-bond acceptors (Lipinski definition) is 2. The predicted molar refractivity (Wildman–Crippen MR) is 68.5 cm³/mol. The van der Waals surface area contributed by atoms with Crippen LogP contribution in [-0.2, 0) is 4.79 Å². The molecule has 90 valence electrons. The van der Waals surface area contributed by atoms with Crippen LogP contribution in [0.1, 0.15) is 38.5 Å². The van der Waals surface area contributed by atoms with Crippen LogP contribution in [0.25, 0.3) is 0 Å². The number of thioether (sulfide) groups is 1. The van der Waals surface area contributed by atoms with Crippen LogP contribution in [0.2, 0.25) is 0 Å². The zero-order chi connectivity index (χ0) is 11.1. The van der Waals surface area contributed by atoms with Crippen molar-refractivity contribution < 1.29 is 4.79 Å². The van der Waals surface area contributed by atoms with Crippen LogP contribution in [0.15, 0.2) is 0 Å². The van der Waals surface area contributed by atoms with Crippen LogP contribution in [0.3, 0.4) is 0 Å². The van der Waals surface area contributed by atoms with E-state index in [0.29, 0.717) is 11.7 Å². The van der Waals surface area contributed by atoms with Gasteiger partial charge in [0.05, 0.1) is 0 Å². The largest absolute Gasteiger partial charge is 0.299 e. The first kappa shape index (κ1) is 11.1. The van der Waals surface area contributed by atoms with Crippen molar-refractivity contribution in [2.24, 2.45) is 29.6 Å². The van der Waals surface area contributed by atoms with E-state index in [-0.39, 0.29) is 0 Å². The molecule has 0 heterocycles. The minimum Gasteiger partial charge on any atom is -0.299 e. The van der Waals surface area contributed by atoms with E-state index in [1.54, 1.807) is 0 Å². The van der Waals surface area contributed by atoms with Gasteiger partial charge >= 0.3 is 0 Å². The standard InChI is InChI=1S/C14H22OS/c1-16-3-2-13(15)14-11-5-9-4-10(7-11)8-12(14)6-9/h9-12,14H,2-8H2,1H3. The maximum atomic E-state index is 12.3. The van der Waals surface area contributed by atoms with Gasteiger partial charge in [-0.05, 0) is 67.8 Å². The maximum Gasteiger partial charge on any atom is 0.137 e. The van der Waals surface area contributed by atoms with E-state index in [1.807, 2.05) is 11.8 Å². The maximum absolute atomic E-state index is 12.3. The van der Waals surface area contributed by atoms with E-state index in [9.17, 15) is 4.79 Å². The molecule has 4 aliphatic rings. The molecule has 4 saturated carbocycles. The van der Waals surface area contributed by atoms with Crippen molar-refractivity contribution in [3.8, 4) is 0 Å². The van der Waals surface area contributed by atoms with Gasteiger partial charge in [0.15, 0.2) is 0 Å². The molecule has 0 aliphatic heterocycles. The van der Waals surface area contributed by atoms with Gasteiger partial charge in [-0.2, -0.15) is 11.8 Å². The van der Waals surface area contributed by atoms with Crippen LogP contribution < -0.4 is 0 Å².